The average Bonchev–Trinajstić information content (AvgIpc) is 3.01. The summed E-state index contributed by atoms with van der Waals surface area (Å²) in [5.41, 5.74) is 6.39. The number of imidazole rings is 2. The predicted molar refractivity (Wildman–Crippen MR) is 80.2 cm³/mol. The molecule has 4 rings (SSSR count). The molecule has 0 radical (unpaired) electrons. The van der Waals surface area contributed by atoms with Crippen LogP contribution in [-0.2, 0) is 12.8 Å². The van der Waals surface area contributed by atoms with Crippen LogP contribution in [-0.4, -0.2) is 18.8 Å². The molecular formula is C16H16N4. The van der Waals surface area contributed by atoms with Crippen molar-refractivity contribution < 1.29 is 0 Å². The molecule has 0 saturated heterocycles. The van der Waals surface area contributed by atoms with Gasteiger partial charge in [0.1, 0.15) is 11.3 Å². The standard InChI is InChI=1S/C16H16N4/c1-3-11-7-5-9-13-17-15-16(19(11)13)20-12(4-2)8-6-10-14(20)18-15/h5-10H,3-4H2,1-2H3. The molecule has 0 saturated carbocycles. The summed E-state index contributed by atoms with van der Waals surface area (Å²) in [4.78, 5) is 9.33. The third kappa shape index (κ3) is 1.36. The lowest BCUT2D eigenvalue weighted by atomic mass is 10.3. The molecule has 0 aliphatic heterocycles. The smallest absolute Gasteiger partial charge is 0.198 e. The number of fused-ring (bicyclic) bond motifs is 5. The fraction of sp³-hybridized carbons (Fsp3) is 0.250. The zero-order chi connectivity index (χ0) is 13.7. The van der Waals surface area contributed by atoms with Crippen molar-refractivity contribution in [1.29, 1.82) is 0 Å². The topological polar surface area (TPSA) is 34.6 Å². The van der Waals surface area contributed by atoms with Crippen molar-refractivity contribution in [1.82, 2.24) is 18.8 Å². The Morgan fingerprint density at radius 2 is 1.30 bits per heavy atom. The van der Waals surface area contributed by atoms with E-state index in [1.54, 1.807) is 0 Å². The van der Waals surface area contributed by atoms with E-state index in [4.69, 9.17) is 0 Å². The number of pyridine rings is 2. The van der Waals surface area contributed by atoms with Gasteiger partial charge >= 0.3 is 0 Å². The minimum absolute atomic E-state index is 0.826. The van der Waals surface area contributed by atoms with Gasteiger partial charge in [0.25, 0.3) is 0 Å². The van der Waals surface area contributed by atoms with Gasteiger partial charge in [-0.3, -0.25) is 8.80 Å². The summed E-state index contributed by atoms with van der Waals surface area (Å²) in [6, 6.07) is 12.5. The van der Waals surface area contributed by atoms with Gasteiger partial charge in [-0.15, -0.1) is 0 Å². The molecule has 0 atom stereocenters. The van der Waals surface area contributed by atoms with Crippen LogP contribution >= 0.6 is 0 Å². The van der Waals surface area contributed by atoms with Gasteiger partial charge in [0, 0.05) is 11.4 Å². The molecule has 4 heterocycles. The van der Waals surface area contributed by atoms with Crippen molar-refractivity contribution in [3.05, 3.63) is 47.8 Å². The van der Waals surface area contributed by atoms with Crippen LogP contribution in [0.2, 0.25) is 0 Å². The number of rotatable bonds is 2. The molecule has 0 fully saturated rings. The Balaban J connectivity index is 2.30. The minimum atomic E-state index is 0.826. The molecular weight excluding hydrogens is 248 g/mol. The van der Waals surface area contributed by atoms with Gasteiger partial charge in [-0.2, -0.15) is 0 Å². The molecule has 0 unspecified atom stereocenters. The van der Waals surface area contributed by atoms with Crippen molar-refractivity contribution in [3.63, 3.8) is 0 Å². The maximum Gasteiger partial charge on any atom is 0.198 e. The van der Waals surface area contributed by atoms with Crippen molar-refractivity contribution >= 4 is 22.6 Å². The highest BCUT2D eigenvalue weighted by molar-refractivity contribution is 5.79. The Morgan fingerprint density at radius 1 is 0.800 bits per heavy atom. The van der Waals surface area contributed by atoms with Gasteiger partial charge in [0.15, 0.2) is 11.3 Å². The molecule has 0 aromatic carbocycles. The van der Waals surface area contributed by atoms with Crippen molar-refractivity contribution in [2.24, 2.45) is 0 Å². The van der Waals surface area contributed by atoms with Crippen LogP contribution in [0, 0.1) is 0 Å². The zero-order valence-corrected chi connectivity index (χ0v) is 11.7. The minimum Gasteiger partial charge on any atom is -0.281 e. The molecule has 4 aromatic heterocycles. The zero-order valence-electron chi connectivity index (χ0n) is 11.7. The summed E-state index contributed by atoms with van der Waals surface area (Å²) in [5.74, 6) is 0. The van der Waals surface area contributed by atoms with Gasteiger partial charge in [-0.05, 0) is 37.1 Å². The van der Waals surface area contributed by atoms with Crippen LogP contribution < -0.4 is 0 Å². The van der Waals surface area contributed by atoms with E-state index >= 15 is 0 Å². The van der Waals surface area contributed by atoms with E-state index in [1.807, 2.05) is 12.1 Å². The summed E-state index contributed by atoms with van der Waals surface area (Å²) < 4.78 is 4.46. The molecule has 0 N–H and O–H groups in total. The maximum absolute atomic E-state index is 4.67. The van der Waals surface area contributed by atoms with Gasteiger partial charge < -0.3 is 0 Å². The van der Waals surface area contributed by atoms with E-state index in [1.165, 1.54) is 11.4 Å². The lowest BCUT2D eigenvalue weighted by Crippen LogP contribution is -2.00. The van der Waals surface area contributed by atoms with E-state index in [-0.39, 0.29) is 0 Å². The summed E-state index contributed by atoms with van der Waals surface area (Å²) in [6.07, 6.45) is 1.95. The SMILES string of the molecule is CCc1cccc2nc3nc4cccc(CC)n4c3n12. The van der Waals surface area contributed by atoms with Crippen LogP contribution in [0.15, 0.2) is 36.4 Å². The first-order valence-electron chi connectivity index (χ1n) is 7.10. The Hall–Kier alpha value is -2.36. The second kappa shape index (κ2) is 4.07. The number of hydrogen-bond donors (Lipinski definition) is 0. The predicted octanol–water partition coefficient (Wildman–Crippen LogP) is 3.26. The van der Waals surface area contributed by atoms with Gasteiger partial charge in [-0.25, -0.2) is 9.97 Å². The monoisotopic (exact) mass is 264 g/mol. The number of aryl methyl sites for hydroxylation is 2. The second-order valence-electron chi connectivity index (χ2n) is 5.00. The third-order valence-corrected chi connectivity index (χ3v) is 3.89. The highest BCUT2D eigenvalue weighted by Crippen LogP contribution is 2.22. The maximum atomic E-state index is 4.67. The lowest BCUT2D eigenvalue weighted by Gasteiger charge is -2.07. The number of nitrogens with zero attached hydrogens (tertiary/aromatic N) is 4. The van der Waals surface area contributed by atoms with Crippen LogP contribution in [0.4, 0.5) is 0 Å². The first kappa shape index (κ1) is 11.5. The van der Waals surface area contributed by atoms with E-state index in [9.17, 15) is 0 Å². The van der Waals surface area contributed by atoms with Crippen LogP contribution in [0.1, 0.15) is 25.2 Å². The van der Waals surface area contributed by atoms with Crippen LogP contribution in [0.3, 0.4) is 0 Å². The summed E-state index contributed by atoms with van der Waals surface area (Å²) in [5, 5.41) is 0. The third-order valence-electron chi connectivity index (χ3n) is 3.89. The van der Waals surface area contributed by atoms with Gasteiger partial charge in [0.2, 0.25) is 0 Å². The highest BCUT2D eigenvalue weighted by atomic mass is 15.2. The second-order valence-corrected chi connectivity index (χ2v) is 5.00. The molecule has 0 amide bonds. The summed E-state index contributed by atoms with van der Waals surface area (Å²) in [7, 11) is 0. The first-order chi connectivity index (χ1) is 9.83. The van der Waals surface area contributed by atoms with Gasteiger partial charge in [-0.1, -0.05) is 26.0 Å². The summed E-state index contributed by atoms with van der Waals surface area (Å²) >= 11 is 0. The molecule has 4 heteroatoms. The fourth-order valence-electron chi connectivity index (χ4n) is 2.94. The van der Waals surface area contributed by atoms with E-state index in [2.05, 4.69) is 56.9 Å². The Bertz CT molecular complexity index is 857. The molecule has 4 nitrogen and oxygen atoms in total. The average molecular weight is 264 g/mol. The largest absolute Gasteiger partial charge is 0.281 e. The molecule has 100 valence electrons. The summed E-state index contributed by atoms with van der Waals surface area (Å²) in [6.45, 7) is 4.34. The molecule has 0 aliphatic rings. The number of hydrogen-bond acceptors (Lipinski definition) is 2. The van der Waals surface area contributed by atoms with E-state index in [0.29, 0.717) is 0 Å². The van der Waals surface area contributed by atoms with Crippen molar-refractivity contribution in [2.45, 2.75) is 26.7 Å². The molecule has 20 heavy (non-hydrogen) atoms. The van der Waals surface area contributed by atoms with Crippen LogP contribution in [0.25, 0.3) is 22.6 Å². The van der Waals surface area contributed by atoms with Crippen molar-refractivity contribution in [3.8, 4) is 0 Å². The first-order valence-corrected chi connectivity index (χ1v) is 7.10. The highest BCUT2D eigenvalue weighted by Gasteiger charge is 2.15. The van der Waals surface area contributed by atoms with Gasteiger partial charge in [0.05, 0.1) is 0 Å². The van der Waals surface area contributed by atoms with Crippen molar-refractivity contribution in [2.75, 3.05) is 0 Å². The Kier molecular flexibility index (Phi) is 2.33. The molecule has 0 aliphatic carbocycles. The molecule has 0 bridgehead atoms. The lowest BCUT2D eigenvalue weighted by molar-refractivity contribution is 0.945. The molecule has 0 spiro atoms. The normalized spacial score (nSPS) is 11.9. The fourth-order valence-corrected chi connectivity index (χ4v) is 2.94. The number of aromatic nitrogens is 4. The van der Waals surface area contributed by atoms with E-state index in [0.717, 1.165) is 35.4 Å². The molecule has 4 aromatic rings. The van der Waals surface area contributed by atoms with Crippen LogP contribution in [0.5, 0.6) is 0 Å². The van der Waals surface area contributed by atoms with E-state index < -0.39 is 0 Å². The Labute approximate surface area is 116 Å². The Morgan fingerprint density at radius 3 is 1.75 bits per heavy atom. The quantitative estimate of drug-likeness (QED) is 0.557.